The van der Waals surface area contributed by atoms with E-state index in [1.54, 1.807) is 11.0 Å². The van der Waals surface area contributed by atoms with Gasteiger partial charge in [-0.3, -0.25) is 19.2 Å². The Morgan fingerprint density at radius 1 is 1.24 bits per heavy atom. The number of amides is 2. The maximum atomic E-state index is 13.2. The Morgan fingerprint density at radius 3 is 2.79 bits per heavy atom. The highest BCUT2D eigenvalue weighted by Gasteiger charge is 2.61. The summed E-state index contributed by atoms with van der Waals surface area (Å²) in [6, 6.07) is 1.48. The number of aromatic amines is 1. The molecule has 2 N–H and O–H groups in total. The average Bonchev–Trinajstić information content (AvgIpc) is 3.20. The zero-order valence-corrected chi connectivity index (χ0v) is 16.2. The first-order valence-corrected chi connectivity index (χ1v) is 10.1. The molecule has 0 radical (unpaired) electrons. The van der Waals surface area contributed by atoms with Crippen LogP contribution in [0.4, 0.5) is 0 Å². The second-order valence-electron chi connectivity index (χ2n) is 7.89. The molecule has 3 aliphatic heterocycles. The largest absolute Gasteiger partial charge is 0.483 e. The molecular formula is C20H25N3O6. The van der Waals surface area contributed by atoms with Gasteiger partial charge in [0.2, 0.25) is 5.91 Å². The number of carbonyl (C=O) groups excluding carboxylic acids is 2. The average molecular weight is 403 g/mol. The molecule has 9 heteroatoms. The first kappa shape index (κ1) is 19.6. The molecule has 1 aromatic rings. The van der Waals surface area contributed by atoms with Gasteiger partial charge in [0, 0.05) is 25.2 Å². The molecule has 0 saturated carbocycles. The minimum absolute atomic E-state index is 0.0477. The summed E-state index contributed by atoms with van der Waals surface area (Å²) in [5, 5.41) is 6.89. The van der Waals surface area contributed by atoms with Crippen LogP contribution in [0.15, 0.2) is 10.9 Å². The number of hydrogen-bond donors (Lipinski definition) is 2. The summed E-state index contributed by atoms with van der Waals surface area (Å²) >= 11 is 0. The molecule has 29 heavy (non-hydrogen) atoms. The molecule has 0 bridgehead atoms. The van der Waals surface area contributed by atoms with E-state index in [1.807, 2.05) is 4.90 Å². The number of fused-ring (bicyclic) bond motifs is 1. The van der Waals surface area contributed by atoms with Gasteiger partial charge in [-0.2, -0.15) is 0 Å². The second kappa shape index (κ2) is 7.62. The van der Waals surface area contributed by atoms with E-state index in [9.17, 15) is 14.4 Å². The molecule has 2 amide bonds. The number of pyridine rings is 1. The second-order valence-corrected chi connectivity index (χ2v) is 7.89. The summed E-state index contributed by atoms with van der Waals surface area (Å²) in [5.41, 5.74) is 1.25. The van der Waals surface area contributed by atoms with Crippen molar-refractivity contribution in [2.24, 2.45) is 0 Å². The minimum Gasteiger partial charge on any atom is -0.483 e. The molecule has 4 heterocycles. The first-order valence-electron chi connectivity index (χ1n) is 10.1. The van der Waals surface area contributed by atoms with Crippen molar-refractivity contribution in [1.29, 1.82) is 0 Å². The number of carbonyl (C=O) groups is 3. The molecule has 5 rings (SSSR count). The van der Waals surface area contributed by atoms with Crippen LogP contribution in [-0.2, 0) is 27.2 Å². The Labute approximate surface area is 167 Å². The first-order chi connectivity index (χ1) is 14.0. The van der Waals surface area contributed by atoms with Crippen molar-refractivity contribution in [3.05, 3.63) is 33.2 Å². The summed E-state index contributed by atoms with van der Waals surface area (Å²) in [4.78, 5) is 52.9. The molecule has 1 aromatic heterocycles. The highest BCUT2D eigenvalue weighted by molar-refractivity contribution is 5.95. The smallest absolute Gasteiger partial charge is 0.290 e. The molecule has 3 saturated heterocycles. The van der Waals surface area contributed by atoms with Crippen molar-refractivity contribution in [3.8, 4) is 0 Å². The van der Waals surface area contributed by atoms with E-state index in [2.05, 4.69) is 4.98 Å². The summed E-state index contributed by atoms with van der Waals surface area (Å²) in [7, 11) is 0. The van der Waals surface area contributed by atoms with Gasteiger partial charge in [-0.15, -0.1) is 0 Å². The zero-order valence-electron chi connectivity index (χ0n) is 16.2. The quantitative estimate of drug-likeness (QED) is 0.660. The third-order valence-electron chi connectivity index (χ3n) is 6.44. The van der Waals surface area contributed by atoms with Crippen molar-refractivity contribution < 1.29 is 24.2 Å². The van der Waals surface area contributed by atoms with Gasteiger partial charge >= 0.3 is 0 Å². The molecule has 2 atom stereocenters. The van der Waals surface area contributed by atoms with E-state index in [1.165, 1.54) is 0 Å². The van der Waals surface area contributed by atoms with Gasteiger partial charge in [0.1, 0.15) is 5.56 Å². The third kappa shape index (κ3) is 3.13. The van der Waals surface area contributed by atoms with Crippen LogP contribution in [0.25, 0.3) is 0 Å². The minimum atomic E-state index is -0.675. The van der Waals surface area contributed by atoms with E-state index in [4.69, 9.17) is 14.6 Å². The number of rotatable bonds is 1. The molecule has 0 unspecified atom stereocenters. The van der Waals surface area contributed by atoms with Crippen LogP contribution in [0.1, 0.15) is 53.7 Å². The van der Waals surface area contributed by atoms with Crippen LogP contribution in [0.2, 0.25) is 0 Å². The summed E-state index contributed by atoms with van der Waals surface area (Å²) in [6.07, 6.45) is 5.66. The normalized spacial score (nSPS) is 27.4. The van der Waals surface area contributed by atoms with Gasteiger partial charge in [-0.1, -0.05) is 0 Å². The zero-order chi connectivity index (χ0) is 20.6. The van der Waals surface area contributed by atoms with Gasteiger partial charge in [-0.25, -0.2) is 0 Å². The van der Waals surface area contributed by atoms with Crippen molar-refractivity contribution in [3.63, 3.8) is 0 Å². The molecule has 1 spiro atoms. The lowest BCUT2D eigenvalue weighted by Crippen LogP contribution is -2.56. The molecule has 4 aliphatic rings. The van der Waals surface area contributed by atoms with Gasteiger partial charge < -0.3 is 24.6 Å². The Balaban J connectivity index is 0.000000645. The van der Waals surface area contributed by atoms with Gasteiger partial charge in [0.15, 0.2) is 5.72 Å². The SMILES string of the molecule is O=C(c1cc2c([nH]c1=O)CCCC2)N1CC[C@@]23OCCCN2C(=O)C[C@@H]13.O=CO. The number of aromatic nitrogens is 1. The Bertz CT molecular complexity index is 897. The monoisotopic (exact) mass is 403 g/mol. The Morgan fingerprint density at radius 2 is 2.00 bits per heavy atom. The third-order valence-corrected chi connectivity index (χ3v) is 6.44. The van der Waals surface area contributed by atoms with Crippen molar-refractivity contribution in [1.82, 2.24) is 14.8 Å². The highest BCUT2D eigenvalue weighted by atomic mass is 16.5. The van der Waals surface area contributed by atoms with Crippen molar-refractivity contribution in [2.75, 3.05) is 19.7 Å². The van der Waals surface area contributed by atoms with Crippen LogP contribution >= 0.6 is 0 Å². The van der Waals surface area contributed by atoms with Crippen LogP contribution < -0.4 is 5.56 Å². The Kier molecular flexibility index (Phi) is 5.16. The molecule has 1 aliphatic carbocycles. The summed E-state index contributed by atoms with van der Waals surface area (Å²) in [5.74, 6) is -0.225. The number of aryl methyl sites for hydroxylation is 2. The standard InChI is InChI=1S/C19H23N3O4.CH2O2/c23-16-11-15-19(22(16)7-3-9-26-19)6-8-21(15)18(25)13-10-12-4-1-2-5-14(12)20-17(13)24;2-1-3/h10,15H,1-9,11H2,(H,20,24);1H,(H,2,3)/t15-,19+;/m1./s1. The van der Waals surface area contributed by atoms with Crippen LogP contribution in [0.3, 0.4) is 0 Å². The number of ether oxygens (including phenoxy) is 1. The van der Waals surface area contributed by atoms with E-state index in [-0.39, 0.29) is 41.9 Å². The fraction of sp³-hybridized carbons (Fsp3) is 0.600. The lowest BCUT2D eigenvalue weighted by Gasteiger charge is -2.42. The molecule has 156 valence electrons. The molecule has 0 aromatic carbocycles. The number of carboxylic acid groups (broad SMARTS) is 1. The Hall–Kier alpha value is -2.68. The van der Waals surface area contributed by atoms with E-state index in [0.717, 1.165) is 43.4 Å². The fourth-order valence-corrected chi connectivity index (χ4v) is 5.18. The maximum absolute atomic E-state index is 13.2. The lowest BCUT2D eigenvalue weighted by atomic mass is 9.94. The van der Waals surface area contributed by atoms with E-state index >= 15 is 0 Å². The topological polar surface area (TPSA) is 120 Å². The fourth-order valence-electron chi connectivity index (χ4n) is 5.18. The maximum Gasteiger partial charge on any atom is 0.290 e. The number of nitrogens with zero attached hydrogens (tertiary/aromatic N) is 2. The van der Waals surface area contributed by atoms with Crippen LogP contribution in [0, 0.1) is 0 Å². The van der Waals surface area contributed by atoms with Crippen LogP contribution in [-0.4, -0.2) is 69.6 Å². The highest BCUT2D eigenvalue weighted by Crippen LogP contribution is 2.45. The lowest BCUT2D eigenvalue weighted by molar-refractivity contribution is -0.179. The predicted molar refractivity (Wildman–Crippen MR) is 101 cm³/mol. The summed E-state index contributed by atoms with van der Waals surface area (Å²) in [6.45, 7) is 1.57. The van der Waals surface area contributed by atoms with Gasteiger partial charge in [0.25, 0.3) is 17.9 Å². The van der Waals surface area contributed by atoms with Gasteiger partial charge in [0.05, 0.1) is 19.1 Å². The van der Waals surface area contributed by atoms with Crippen LogP contribution in [0.5, 0.6) is 0 Å². The van der Waals surface area contributed by atoms with Gasteiger partial charge in [-0.05, 0) is 43.7 Å². The number of H-pyrrole nitrogens is 1. The molecular weight excluding hydrogens is 378 g/mol. The molecule has 3 fully saturated rings. The number of likely N-dealkylation sites (tertiary alicyclic amines) is 1. The number of nitrogens with one attached hydrogen (secondary N) is 1. The summed E-state index contributed by atoms with van der Waals surface area (Å²) < 4.78 is 6.05. The van der Waals surface area contributed by atoms with Crippen molar-refractivity contribution >= 4 is 18.3 Å². The van der Waals surface area contributed by atoms with Crippen molar-refractivity contribution in [2.45, 2.75) is 56.7 Å². The molecule has 9 nitrogen and oxygen atoms in total. The number of hydrogen-bond acceptors (Lipinski definition) is 5. The predicted octanol–water partition coefficient (Wildman–Crippen LogP) is 0.518. The van der Waals surface area contributed by atoms with E-state index in [0.29, 0.717) is 26.1 Å². The van der Waals surface area contributed by atoms with E-state index < -0.39 is 5.72 Å².